The summed E-state index contributed by atoms with van der Waals surface area (Å²) in [7, 11) is 1.59. The highest BCUT2D eigenvalue weighted by molar-refractivity contribution is 6.01. The Hall–Kier alpha value is -3.15. The summed E-state index contributed by atoms with van der Waals surface area (Å²) in [4.78, 5) is 38.3. The van der Waals surface area contributed by atoms with E-state index in [1.54, 1.807) is 31.3 Å². The van der Waals surface area contributed by atoms with Gasteiger partial charge >= 0.3 is 0 Å². The number of carbonyl (C=O) groups is 3. The van der Waals surface area contributed by atoms with Gasteiger partial charge in [0, 0.05) is 29.9 Å². The number of benzene rings is 2. The third kappa shape index (κ3) is 4.76. The molecule has 1 aliphatic rings. The lowest BCUT2D eigenvalue weighted by atomic mass is 10.1. The van der Waals surface area contributed by atoms with E-state index in [1.807, 2.05) is 32.0 Å². The molecule has 0 saturated heterocycles. The Morgan fingerprint density at radius 2 is 1.64 bits per heavy atom. The Kier molecular flexibility index (Phi) is 5.78. The van der Waals surface area contributed by atoms with Gasteiger partial charge in [-0.05, 0) is 56.0 Å². The van der Waals surface area contributed by atoms with Crippen molar-refractivity contribution in [2.24, 2.45) is 5.92 Å². The van der Waals surface area contributed by atoms with Crippen molar-refractivity contribution in [3.8, 4) is 0 Å². The standard InChI is InChI=1S/C22H25N3O3/c1-14-6-4-7-15(2)20(14)24-19(26)13-25(3)22(28)17-8-5-9-18(12-17)23-21(27)16-10-11-16/h4-9,12,16H,10-11,13H2,1-3H3,(H,23,27)(H,24,26). The molecule has 0 spiro atoms. The van der Waals surface area contributed by atoms with Crippen LogP contribution in [0.3, 0.4) is 0 Å². The van der Waals surface area contributed by atoms with Crippen LogP contribution >= 0.6 is 0 Å². The van der Waals surface area contributed by atoms with E-state index in [4.69, 9.17) is 0 Å². The van der Waals surface area contributed by atoms with Gasteiger partial charge in [-0.2, -0.15) is 0 Å². The maximum absolute atomic E-state index is 12.7. The highest BCUT2D eigenvalue weighted by atomic mass is 16.2. The van der Waals surface area contributed by atoms with Crippen LogP contribution in [0, 0.1) is 19.8 Å². The number of amides is 3. The van der Waals surface area contributed by atoms with E-state index in [0.717, 1.165) is 29.7 Å². The van der Waals surface area contributed by atoms with Crippen LogP contribution in [0.4, 0.5) is 11.4 Å². The van der Waals surface area contributed by atoms with Gasteiger partial charge in [0.2, 0.25) is 11.8 Å². The van der Waals surface area contributed by atoms with Crippen LogP contribution in [0.15, 0.2) is 42.5 Å². The third-order valence-electron chi connectivity index (χ3n) is 4.80. The van der Waals surface area contributed by atoms with E-state index < -0.39 is 0 Å². The summed E-state index contributed by atoms with van der Waals surface area (Å²) in [6.07, 6.45) is 1.84. The van der Waals surface area contributed by atoms with Crippen LogP contribution in [0.25, 0.3) is 0 Å². The minimum atomic E-state index is -0.279. The monoisotopic (exact) mass is 379 g/mol. The number of carbonyl (C=O) groups excluding carboxylic acids is 3. The fourth-order valence-electron chi connectivity index (χ4n) is 3.02. The van der Waals surface area contributed by atoms with E-state index >= 15 is 0 Å². The molecule has 0 bridgehead atoms. The molecule has 146 valence electrons. The average Bonchev–Trinajstić information content (AvgIpc) is 3.49. The number of aryl methyl sites for hydroxylation is 2. The molecule has 0 atom stereocenters. The Morgan fingerprint density at radius 3 is 2.29 bits per heavy atom. The number of likely N-dealkylation sites (N-methyl/N-ethyl adjacent to an activating group) is 1. The van der Waals surface area contributed by atoms with Gasteiger partial charge in [0.1, 0.15) is 0 Å². The largest absolute Gasteiger partial charge is 0.332 e. The van der Waals surface area contributed by atoms with Crippen molar-refractivity contribution in [3.05, 3.63) is 59.2 Å². The van der Waals surface area contributed by atoms with Crippen LogP contribution in [-0.4, -0.2) is 36.2 Å². The molecule has 2 aromatic carbocycles. The van der Waals surface area contributed by atoms with Crippen molar-refractivity contribution >= 4 is 29.1 Å². The predicted octanol–water partition coefficient (Wildman–Crippen LogP) is 3.36. The molecule has 6 heteroatoms. The van der Waals surface area contributed by atoms with Crippen molar-refractivity contribution in [1.82, 2.24) is 4.90 Å². The second-order valence-electron chi connectivity index (χ2n) is 7.32. The Balaban J connectivity index is 1.62. The summed E-state index contributed by atoms with van der Waals surface area (Å²) in [5.74, 6) is -0.452. The number of nitrogens with one attached hydrogen (secondary N) is 2. The third-order valence-corrected chi connectivity index (χ3v) is 4.80. The van der Waals surface area contributed by atoms with Crippen molar-refractivity contribution in [2.45, 2.75) is 26.7 Å². The first-order valence-electron chi connectivity index (χ1n) is 9.37. The molecule has 0 heterocycles. The van der Waals surface area contributed by atoms with Gasteiger partial charge in [0.15, 0.2) is 0 Å². The molecule has 0 aromatic heterocycles. The minimum Gasteiger partial charge on any atom is -0.332 e. The SMILES string of the molecule is Cc1cccc(C)c1NC(=O)CN(C)C(=O)c1cccc(NC(=O)C2CC2)c1. The van der Waals surface area contributed by atoms with E-state index in [0.29, 0.717) is 11.3 Å². The first kappa shape index (κ1) is 19.6. The van der Waals surface area contributed by atoms with Gasteiger partial charge in [-0.15, -0.1) is 0 Å². The Labute approximate surface area is 164 Å². The van der Waals surface area contributed by atoms with Crippen molar-refractivity contribution < 1.29 is 14.4 Å². The van der Waals surface area contributed by atoms with Crippen molar-refractivity contribution in [3.63, 3.8) is 0 Å². The summed E-state index contributed by atoms with van der Waals surface area (Å²) in [6.45, 7) is 3.79. The molecule has 3 rings (SSSR count). The molecule has 1 fully saturated rings. The molecule has 6 nitrogen and oxygen atoms in total. The number of hydrogen-bond acceptors (Lipinski definition) is 3. The van der Waals surface area contributed by atoms with E-state index in [9.17, 15) is 14.4 Å². The first-order chi connectivity index (χ1) is 13.3. The van der Waals surface area contributed by atoms with Crippen molar-refractivity contribution in [2.75, 3.05) is 24.2 Å². The van der Waals surface area contributed by atoms with E-state index in [1.165, 1.54) is 4.90 Å². The first-order valence-corrected chi connectivity index (χ1v) is 9.37. The molecular formula is C22H25N3O3. The normalized spacial score (nSPS) is 13.0. The smallest absolute Gasteiger partial charge is 0.254 e. The van der Waals surface area contributed by atoms with Crippen LogP contribution in [0.5, 0.6) is 0 Å². The summed E-state index contributed by atoms with van der Waals surface area (Å²) < 4.78 is 0. The lowest BCUT2D eigenvalue weighted by molar-refractivity contribution is -0.117. The lowest BCUT2D eigenvalue weighted by Crippen LogP contribution is -2.35. The number of rotatable bonds is 6. The highest BCUT2D eigenvalue weighted by Crippen LogP contribution is 2.30. The molecule has 0 radical (unpaired) electrons. The fourth-order valence-corrected chi connectivity index (χ4v) is 3.02. The lowest BCUT2D eigenvalue weighted by Gasteiger charge is -2.18. The average molecular weight is 379 g/mol. The molecule has 0 aliphatic heterocycles. The highest BCUT2D eigenvalue weighted by Gasteiger charge is 2.29. The Morgan fingerprint density at radius 1 is 1.00 bits per heavy atom. The van der Waals surface area contributed by atoms with Crippen molar-refractivity contribution in [1.29, 1.82) is 0 Å². The summed E-state index contributed by atoms with van der Waals surface area (Å²) in [5.41, 5.74) is 3.74. The minimum absolute atomic E-state index is 0.00840. The van der Waals surface area contributed by atoms with Crippen LogP contribution in [0.1, 0.15) is 34.3 Å². The van der Waals surface area contributed by atoms with Gasteiger partial charge in [-0.25, -0.2) is 0 Å². The van der Waals surface area contributed by atoms with E-state index in [-0.39, 0.29) is 30.2 Å². The zero-order valence-electron chi connectivity index (χ0n) is 16.4. The molecule has 2 N–H and O–H groups in total. The molecular weight excluding hydrogens is 354 g/mol. The molecule has 2 aromatic rings. The van der Waals surface area contributed by atoms with Crippen LogP contribution in [0.2, 0.25) is 0 Å². The maximum Gasteiger partial charge on any atom is 0.254 e. The number of hydrogen-bond donors (Lipinski definition) is 2. The molecule has 28 heavy (non-hydrogen) atoms. The van der Waals surface area contributed by atoms with Gasteiger partial charge in [-0.3, -0.25) is 14.4 Å². The second kappa shape index (κ2) is 8.25. The van der Waals surface area contributed by atoms with Gasteiger partial charge < -0.3 is 15.5 Å². The Bertz CT molecular complexity index is 899. The maximum atomic E-state index is 12.7. The summed E-state index contributed by atoms with van der Waals surface area (Å²) in [6, 6.07) is 12.6. The van der Waals surface area contributed by atoms with Gasteiger partial charge in [0.05, 0.1) is 6.54 Å². The molecule has 0 unspecified atom stereocenters. The summed E-state index contributed by atoms with van der Waals surface area (Å²) in [5, 5.41) is 5.72. The molecule has 3 amide bonds. The quantitative estimate of drug-likeness (QED) is 0.808. The fraction of sp³-hybridized carbons (Fsp3) is 0.318. The number of anilines is 2. The zero-order chi connectivity index (χ0) is 20.3. The van der Waals surface area contributed by atoms with E-state index in [2.05, 4.69) is 10.6 Å². The topological polar surface area (TPSA) is 78.5 Å². The number of para-hydroxylation sites is 1. The predicted molar refractivity (Wildman–Crippen MR) is 109 cm³/mol. The second-order valence-corrected chi connectivity index (χ2v) is 7.32. The molecule has 1 saturated carbocycles. The zero-order valence-corrected chi connectivity index (χ0v) is 16.4. The van der Waals surface area contributed by atoms with Gasteiger partial charge in [-0.1, -0.05) is 24.3 Å². The van der Waals surface area contributed by atoms with Gasteiger partial charge in [0.25, 0.3) is 5.91 Å². The molecule has 1 aliphatic carbocycles. The number of nitrogens with zero attached hydrogens (tertiary/aromatic N) is 1. The van der Waals surface area contributed by atoms with Crippen LogP contribution < -0.4 is 10.6 Å². The summed E-state index contributed by atoms with van der Waals surface area (Å²) >= 11 is 0. The van der Waals surface area contributed by atoms with Crippen LogP contribution in [-0.2, 0) is 9.59 Å².